The molecule has 0 aliphatic carbocycles. The number of likely N-dealkylation sites (tertiary alicyclic amines) is 2. The van der Waals surface area contributed by atoms with Crippen molar-refractivity contribution < 1.29 is 33.0 Å². The van der Waals surface area contributed by atoms with Crippen molar-refractivity contribution in [2.24, 2.45) is 0 Å². The zero-order chi connectivity index (χ0) is 31.4. The van der Waals surface area contributed by atoms with Gasteiger partial charge in [0.25, 0.3) is 0 Å². The fraction of sp³-hybridized carbons (Fsp3) is 0.500. The van der Waals surface area contributed by atoms with Crippen LogP contribution in [-0.4, -0.2) is 63.0 Å². The van der Waals surface area contributed by atoms with Crippen LogP contribution in [0.2, 0.25) is 0 Å². The normalized spacial score (nSPS) is 27.4. The summed E-state index contributed by atoms with van der Waals surface area (Å²) in [5.74, 6) is 1.01. The van der Waals surface area contributed by atoms with Gasteiger partial charge in [-0.25, -0.2) is 4.85 Å². The minimum Gasteiger partial charge on any atom is -0.485 e. The lowest BCUT2D eigenvalue weighted by Gasteiger charge is -2.49. The number of benzene rings is 2. The SMILES string of the molecule is [C-]#[N+]c1ccc2c(c1)[C@@H](N1CCCC1=O)[C@H](OP(O)O[C@H]1[C@H](N3CCCC3=O)c3cc(C#N)ccc3OC1(C)C)C(C)(C)O2. The summed E-state index contributed by atoms with van der Waals surface area (Å²) in [7, 11) is -2.62. The third kappa shape index (κ3) is 5.29. The average molecular weight is 619 g/mol. The summed E-state index contributed by atoms with van der Waals surface area (Å²) in [4.78, 5) is 44.8. The molecule has 2 fully saturated rings. The minimum absolute atomic E-state index is 0.0389. The number of ether oxygens (including phenoxy) is 2. The highest BCUT2D eigenvalue weighted by atomic mass is 31.2. The minimum atomic E-state index is -2.62. The number of rotatable bonds is 6. The van der Waals surface area contributed by atoms with E-state index in [0.717, 1.165) is 0 Å². The topological polar surface area (TPSA) is 126 Å². The number of nitriles is 1. The van der Waals surface area contributed by atoms with Gasteiger partial charge in [0.05, 0.1) is 30.3 Å². The summed E-state index contributed by atoms with van der Waals surface area (Å²) in [6, 6.07) is 11.1. The van der Waals surface area contributed by atoms with Crippen LogP contribution < -0.4 is 9.47 Å². The standard InChI is InChI=1S/C32H35N4O7P/c1-31(2)29(27(35-14-6-8-25(35)37)21-16-19(18-33)10-12-23(21)40-31)42-44(39)43-30-28(36-15-7-9-26(36)38)22-17-20(34-5)11-13-24(22)41-32(30,3)4/h10-13,16-17,27-30,39H,6-9,14-15H2,1-4H3/t27-,28-,29+,30+,44?/m1/s1. The molecule has 44 heavy (non-hydrogen) atoms. The molecule has 2 amide bonds. The van der Waals surface area contributed by atoms with Gasteiger partial charge in [-0.3, -0.25) is 9.59 Å². The van der Waals surface area contributed by atoms with E-state index in [4.69, 9.17) is 25.1 Å². The quantitative estimate of drug-likeness (QED) is 0.334. The first kappa shape index (κ1) is 30.3. The summed E-state index contributed by atoms with van der Waals surface area (Å²) >= 11 is 0. The molecule has 6 rings (SSSR count). The molecule has 5 atom stereocenters. The highest BCUT2D eigenvalue weighted by Crippen LogP contribution is 2.54. The van der Waals surface area contributed by atoms with Crippen molar-refractivity contribution in [3.8, 4) is 17.6 Å². The predicted octanol–water partition coefficient (Wildman–Crippen LogP) is 5.47. The first-order valence-electron chi connectivity index (χ1n) is 14.8. The molecule has 4 aliphatic rings. The molecule has 0 bridgehead atoms. The molecule has 230 valence electrons. The second-order valence-electron chi connectivity index (χ2n) is 12.7. The van der Waals surface area contributed by atoms with E-state index in [9.17, 15) is 19.7 Å². The first-order chi connectivity index (χ1) is 20.9. The van der Waals surface area contributed by atoms with Crippen molar-refractivity contribution in [1.82, 2.24) is 9.80 Å². The van der Waals surface area contributed by atoms with Crippen molar-refractivity contribution in [2.75, 3.05) is 13.1 Å². The number of amides is 2. The van der Waals surface area contributed by atoms with Crippen molar-refractivity contribution in [1.29, 1.82) is 5.26 Å². The molecular formula is C32H35N4O7P. The van der Waals surface area contributed by atoms with Gasteiger partial charge in [-0.1, -0.05) is 6.07 Å². The maximum absolute atomic E-state index is 13.1. The van der Waals surface area contributed by atoms with Gasteiger partial charge in [0.2, 0.25) is 11.8 Å². The van der Waals surface area contributed by atoms with Crippen LogP contribution in [0, 0.1) is 17.9 Å². The Labute approximate surface area is 258 Å². The van der Waals surface area contributed by atoms with Crippen LogP contribution in [-0.2, 0) is 18.6 Å². The van der Waals surface area contributed by atoms with E-state index in [1.807, 2.05) is 27.7 Å². The number of hydrogen-bond donors (Lipinski definition) is 1. The van der Waals surface area contributed by atoms with Crippen LogP contribution in [0.4, 0.5) is 5.69 Å². The average Bonchev–Trinajstić information content (AvgIpc) is 3.60. The van der Waals surface area contributed by atoms with Crippen LogP contribution >= 0.6 is 8.60 Å². The lowest BCUT2D eigenvalue weighted by atomic mass is 9.85. The molecule has 1 unspecified atom stereocenters. The second-order valence-corrected chi connectivity index (χ2v) is 13.6. The Morgan fingerprint density at radius 2 is 1.41 bits per heavy atom. The predicted molar refractivity (Wildman–Crippen MR) is 160 cm³/mol. The summed E-state index contributed by atoms with van der Waals surface area (Å²) in [5, 5.41) is 9.61. The van der Waals surface area contributed by atoms with Gasteiger partial charge in [0.15, 0.2) is 5.69 Å². The van der Waals surface area contributed by atoms with Crippen molar-refractivity contribution >= 4 is 26.1 Å². The maximum Gasteiger partial charge on any atom is 0.330 e. The third-order valence-electron chi connectivity index (χ3n) is 8.89. The van der Waals surface area contributed by atoms with E-state index in [2.05, 4.69) is 10.9 Å². The third-order valence-corrected chi connectivity index (χ3v) is 9.70. The Kier molecular flexibility index (Phi) is 7.80. The number of hydrogen-bond acceptors (Lipinski definition) is 8. The highest BCUT2D eigenvalue weighted by Gasteiger charge is 2.53. The zero-order valence-electron chi connectivity index (χ0n) is 25.1. The van der Waals surface area contributed by atoms with E-state index in [-0.39, 0.29) is 11.8 Å². The van der Waals surface area contributed by atoms with Crippen LogP contribution in [0.3, 0.4) is 0 Å². The van der Waals surface area contributed by atoms with Gasteiger partial charge in [-0.2, -0.15) is 5.26 Å². The molecule has 4 heterocycles. The first-order valence-corrected chi connectivity index (χ1v) is 15.9. The van der Waals surface area contributed by atoms with Gasteiger partial charge in [-0.15, -0.1) is 0 Å². The number of fused-ring (bicyclic) bond motifs is 2. The van der Waals surface area contributed by atoms with Crippen molar-refractivity contribution in [2.45, 2.75) is 88.9 Å². The van der Waals surface area contributed by atoms with E-state index >= 15 is 0 Å². The van der Waals surface area contributed by atoms with E-state index in [0.29, 0.717) is 72.6 Å². The monoisotopic (exact) mass is 618 g/mol. The van der Waals surface area contributed by atoms with Crippen LogP contribution in [0.1, 0.15) is 82.2 Å². The fourth-order valence-corrected chi connectivity index (χ4v) is 7.99. The number of carbonyl (C=O) groups excluding carboxylic acids is 2. The molecule has 2 aromatic rings. The molecule has 0 aromatic heterocycles. The second kappa shape index (κ2) is 11.3. The van der Waals surface area contributed by atoms with Crippen molar-refractivity contribution in [3.05, 3.63) is 64.5 Å². The van der Waals surface area contributed by atoms with Gasteiger partial charge in [0, 0.05) is 37.1 Å². The molecular weight excluding hydrogens is 583 g/mol. The Balaban J connectivity index is 1.36. The van der Waals surface area contributed by atoms with Crippen LogP contribution in [0.5, 0.6) is 11.5 Å². The molecule has 2 aromatic carbocycles. The Bertz CT molecular complexity index is 1470. The molecule has 4 aliphatic heterocycles. The van der Waals surface area contributed by atoms with Gasteiger partial charge >= 0.3 is 8.60 Å². The number of carbonyl (C=O) groups is 2. The van der Waals surface area contributed by atoms with Gasteiger partial charge < -0.3 is 33.2 Å². The molecule has 0 radical (unpaired) electrons. The lowest BCUT2D eigenvalue weighted by Crippen LogP contribution is -2.56. The summed E-state index contributed by atoms with van der Waals surface area (Å²) < 4.78 is 25.4. The Hall–Kier alpha value is -3.73. The zero-order valence-corrected chi connectivity index (χ0v) is 26.0. The molecule has 0 spiro atoms. The number of nitrogens with zero attached hydrogens (tertiary/aromatic N) is 4. The van der Waals surface area contributed by atoms with Crippen LogP contribution in [0.25, 0.3) is 4.85 Å². The molecule has 1 N–H and O–H groups in total. The largest absolute Gasteiger partial charge is 0.485 e. The smallest absolute Gasteiger partial charge is 0.330 e. The molecule has 12 heteroatoms. The molecule has 11 nitrogen and oxygen atoms in total. The fourth-order valence-electron chi connectivity index (χ4n) is 6.82. The lowest BCUT2D eigenvalue weighted by molar-refractivity contribution is -0.142. The van der Waals surface area contributed by atoms with Crippen molar-refractivity contribution in [3.63, 3.8) is 0 Å². The van der Waals surface area contributed by atoms with Crippen LogP contribution in [0.15, 0.2) is 36.4 Å². The van der Waals surface area contributed by atoms with E-state index in [1.54, 1.807) is 46.2 Å². The van der Waals surface area contributed by atoms with E-state index < -0.39 is 44.1 Å². The van der Waals surface area contributed by atoms with Gasteiger partial charge in [0.1, 0.15) is 34.9 Å². The molecule has 2 saturated heterocycles. The van der Waals surface area contributed by atoms with E-state index in [1.165, 1.54) is 0 Å². The Morgan fingerprint density at radius 3 is 1.86 bits per heavy atom. The maximum atomic E-state index is 13.1. The Morgan fingerprint density at radius 1 is 0.909 bits per heavy atom. The summed E-state index contributed by atoms with van der Waals surface area (Å²) in [6.45, 7) is 15.9. The van der Waals surface area contributed by atoms with Gasteiger partial charge in [-0.05, 0) is 70.9 Å². The summed E-state index contributed by atoms with van der Waals surface area (Å²) in [6.07, 6.45) is 0.457. The summed E-state index contributed by atoms with van der Waals surface area (Å²) in [5.41, 5.74) is 0.0999. The molecule has 0 saturated carbocycles. The highest BCUT2D eigenvalue weighted by molar-refractivity contribution is 7.40.